The smallest absolute Gasteiger partial charge is 0.123 e. The van der Waals surface area contributed by atoms with Crippen molar-refractivity contribution in [2.75, 3.05) is 20.3 Å². The lowest BCUT2D eigenvalue weighted by molar-refractivity contribution is 0.258. The van der Waals surface area contributed by atoms with E-state index in [0.29, 0.717) is 5.92 Å². The summed E-state index contributed by atoms with van der Waals surface area (Å²) >= 11 is 1.74. The summed E-state index contributed by atoms with van der Waals surface area (Å²) in [5, 5.41) is 13.6. The first-order chi connectivity index (χ1) is 11.0. The van der Waals surface area contributed by atoms with E-state index < -0.39 is 0 Å². The van der Waals surface area contributed by atoms with Gasteiger partial charge in [0.15, 0.2) is 0 Å². The van der Waals surface area contributed by atoms with Crippen LogP contribution in [0.5, 0.6) is 5.75 Å². The minimum atomic E-state index is 0.248. The van der Waals surface area contributed by atoms with Crippen molar-refractivity contribution in [2.24, 2.45) is 5.92 Å². The summed E-state index contributed by atoms with van der Waals surface area (Å²) in [5.74, 6) is 1.33. The lowest BCUT2D eigenvalue weighted by atomic mass is 10.1. The minimum absolute atomic E-state index is 0.248. The van der Waals surface area contributed by atoms with Crippen molar-refractivity contribution < 1.29 is 9.84 Å². The van der Waals surface area contributed by atoms with Crippen LogP contribution in [-0.2, 0) is 0 Å². The van der Waals surface area contributed by atoms with E-state index >= 15 is 0 Å². The van der Waals surface area contributed by atoms with Gasteiger partial charge in [-0.2, -0.15) is 0 Å². The number of aromatic nitrogens is 1. The van der Waals surface area contributed by atoms with Crippen molar-refractivity contribution >= 4 is 11.3 Å². The SMILES string of the molecule is COc1ccc(-c2nc(C)c(C(C)NCC(C)CCO)s2)cc1. The number of rotatable bonds is 8. The van der Waals surface area contributed by atoms with Crippen LogP contribution in [0.1, 0.15) is 36.9 Å². The average Bonchev–Trinajstić information content (AvgIpc) is 2.95. The Balaban J connectivity index is 2.07. The van der Waals surface area contributed by atoms with Crippen molar-refractivity contribution in [1.29, 1.82) is 0 Å². The molecule has 0 fully saturated rings. The van der Waals surface area contributed by atoms with Crippen LogP contribution in [0.4, 0.5) is 0 Å². The van der Waals surface area contributed by atoms with Crippen LogP contribution in [0.25, 0.3) is 10.6 Å². The molecule has 0 bridgehead atoms. The second kappa shape index (κ2) is 8.43. The summed E-state index contributed by atoms with van der Waals surface area (Å²) in [6.45, 7) is 7.53. The van der Waals surface area contributed by atoms with Crippen LogP contribution in [0.2, 0.25) is 0 Å². The maximum absolute atomic E-state index is 8.99. The highest BCUT2D eigenvalue weighted by Gasteiger charge is 2.15. The van der Waals surface area contributed by atoms with Gasteiger partial charge in [-0.1, -0.05) is 6.92 Å². The monoisotopic (exact) mass is 334 g/mol. The molecule has 126 valence electrons. The zero-order valence-corrected chi connectivity index (χ0v) is 15.1. The van der Waals surface area contributed by atoms with Gasteiger partial charge in [-0.25, -0.2) is 4.98 Å². The van der Waals surface area contributed by atoms with Gasteiger partial charge in [-0.05, 0) is 57.0 Å². The van der Waals surface area contributed by atoms with Crippen molar-refractivity contribution in [1.82, 2.24) is 10.3 Å². The van der Waals surface area contributed by atoms with Crippen LogP contribution < -0.4 is 10.1 Å². The fourth-order valence-corrected chi connectivity index (χ4v) is 3.56. The summed E-state index contributed by atoms with van der Waals surface area (Å²) < 4.78 is 5.20. The van der Waals surface area contributed by atoms with Crippen molar-refractivity contribution in [3.8, 4) is 16.3 Å². The topological polar surface area (TPSA) is 54.4 Å². The van der Waals surface area contributed by atoms with E-state index in [1.165, 1.54) is 4.88 Å². The molecule has 4 nitrogen and oxygen atoms in total. The number of methoxy groups -OCH3 is 1. The van der Waals surface area contributed by atoms with Gasteiger partial charge in [-0.3, -0.25) is 0 Å². The number of aliphatic hydroxyl groups is 1. The van der Waals surface area contributed by atoms with Gasteiger partial charge in [-0.15, -0.1) is 11.3 Å². The first kappa shape index (κ1) is 17.9. The first-order valence-electron chi connectivity index (χ1n) is 8.01. The van der Waals surface area contributed by atoms with E-state index in [0.717, 1.165) is 35.0 Å². The maximum Gasteiger partial charge on any atom is 0.123 e. The lowest BCUT2D eigenvalue weighted by Gasteiger charge is -2.16. The third kappa shape index (κ3) is 4.77. The first-order valence-corrected chi connectivity index (χ1v) is 8.82. The number of aliphatic hydroxyl groups excluding tert-OH is 1. The Bertz CT molecular complexity index is 610. The molecule has 0 aliphatic heterocycles. The van der Waals surface area contributed by atoms with E-state index in [9.17, 15) is 0 Å². The third-order valence-electron chi connectivity index (χ3n) is 3.96. The summed E-state index contributed by atoms with van der Waals surface area (Å²) in [6.07, 6.45) is 0.832. The van der Waals surface area contributed by atoms with Gasteiger partial charge < -0.3 is 15.2 Å². The Morgan fingerprint density at radius 3 is 2.57 bits per heavy atom. The molecule has 0 aliphatic carbocycles. The predicted molar refractivity (Wildman–Crippen MR) is 96.1 cm³/mol. The highest BCUT2D eigenvalue weighted by Crippen LogP contribution is 2.32. The van der Waals surface area contributed by atoms with Gasteiger partial charge in [0.1, 0.15) is 10.8 Å². The van der Waals surface area contributed by atoms with Gasteiger partial charge >= 0.3 is 0 Å². The summed E-state index contributed by atoms with van der Waals surface area (Å²) in [5.41, 5.74) is 2.20. The van der Waals surface area contributed by atoms with Crippen LogP contribution in [0, 0.1) is 12.8 Å². The molecule has 1 aromatic carbocycles. The number of hydrogen-bond acceptors (Lipinski definition) is 5. The molecule has 2 N–H and O–H groups in total. The summed E-state index contributed by atoms with van der Waals surface area (Å²) in [4.78, 5) is 5.99. The molecule has 1 aromatic heterocycles. The minimum Gasteiger partial charge on any atom is -0.497 e. The Morgan fingerprint density at radius 2 is 1.96 bits per heavy atom. The highest BCUT2D eigenvalue weighted by atomic mass is 32.1. The van der Waals surface area contributed by atoms with E-state index in [2.05, 4.69) is 26.1 Å². The molecule has 0 radical (unpaired) electrons. The van der Waals surface area contributed by atoms with Crippen molar-refractivity contribution in [3.63, 3.8) is 0 Å². The standard InChI is InChI=1S/C18H26N2O2S/c1-12(9-10-21)11-19-13(2)17-14(3)20-18(23-17)15-5-7-16(22-4)8-6-15/h5-8,12-13,19,21H,9-11H2,1-4H3. The summed E-state index contributed by atoms with van der Waals surface area (Å²) in [7, 11) is 1.67. The van der Waals surface area contributed by atoms with Gasteiger partial charge in [0.2, 0.25) is 0 Å². The highest BCUT2D eigenvalue weighted by molar-refractivity contribution is 7.15. The molecule has 0 amide bonds. The molecule has 0 aliphatic rings. The molecule has 2 atom stereocenters. The van der Waals surface area contributed by atoms with Gasteiger partial charge in [0.25, 0.3) is 0 Å². The normalized spacial score (nSPS) is 13.8. The molecule has 0 spiro atoms. The number of nitrogens with one attached hydrogen (secondary N) is 1. The number of thiazole rings is 1. The fourth-order valence-electron chi connectivity index (χ4n) is 2.46. The van der Waals surface area contributed by atoms with Gasteiger partial charge in [0.05, 0.1) is 12.8 Å². The zero-order valence-electron chi connectivity index (χ0n) is 14.3. The molecule has 0 saturated carbocycles. The number of nitrogens with zero attached hydrogens (tertiary/aromatic N) is 1. The molecule has 1 heterocycles. The fraction of sp³-hybridized carbons (Fsp3) is 0.500. The second-order valence-electron chi connectivity index (χ2n) is 5.94. The molecule has 0 saturated heterocycles. The number of ether oxygens (including phenoxy) is 1. The van der Waals surface area contributed by atoms with Crippen molar-refractivity contribution in [3.05, 3.63) is 34.8 Å². The molecule has 23 heavy (non-hydrogen) atoms. The number of hydrogen-bond donors (Lipinski definition) is 2. The Morgan fingerprint density at radius 1 is 1.26 bits per heavy atom. The number of aryl methyl sites for hydroxylation is 1. The van der Waals surface area contributed by atoms with E-state index in [1.54, 1.807) is 18.4 Å². The van der Waals surface area contributed by atoms with Crippen LogP contribution in [0.3, 0.4) is 0 Å². The Hall–Kier alpha value is -1.43. The molecular formula is C18H26N2O2S. The zero-order chi connectivity index (χ0) is 16.8. The molecule has 2 rings (SSSR count). The molecule has 5 heteroatoms. The molecule has 2 unspecified atom stereocenters. The molecule has 2 aromatic rings. The van der Waals surface area contributed by atoms with Crippen molar-refractivity contribution in [2.45, 2.75) is 33.2 Å². The van der Waals surface area contributed by atoms with Gasteiger partial charge in [0, 0.05) is 23.1 Å². The van der Waals surface area contributed by atoms with E-state index in [-0.39, 0.29) is 12.6 Å². The largest absolute Gasteiger partial charge is 0.497 e. The van der Waals surface area contributed by atoms with E-state index in [4.69, 9.17) is 14.8 Å². The Kier molecular flexibility index (Phi) is 6.57. The van der Waals surface area contributed by atoms with Crippen LogP contribution in [-0.4, -0.2) is 30.4 Å². The quantitative estimate of drug-likeness (QED) is 0.771. The van der Waals surface area contributed by atoms with E-state index in [1.807, 2.05) is 24.3 Å². The maximum atomic E-state index is 8.99. The average molecular weight is 334 g/mol. The second-order valence-corrected chi connectivity index (χ2v) is 6.98. The predicted octanol–water partition coefficient (Wildman–Crippen LogP) is 3.80. The van der Waals surface area contributed by atoms with Crippen LogP contribution >= 0.6 is 11.3 Å². The molecular weight excluding hydrogens is 308 g/mol. The third-order valence-corrected chi connectivity index (χ3v) is 5.35. The summed E-state index contributed by atoms with van der Waals surface area (Å²) in [6, 6.07) is 8.28. The Labute approximate surface area is 142 Å². The lowest BCUT2D eigenvalue weighted by Crippen LogP contribution is -2.24. The van der Waals surface area contributed by atoms with Crippen LogP contribution in [0.15, 0.2) is 24.3 Å². The number of benzene rings is 1.